The van der Waals surface area contributed by atoms with E-state index in [1.165, 1.54) is 0 Å². The molecule has 7 heteroatoms. The zero-order valence-electron chi connectivity index (χ0n) is 10.5. The number of hydrogen-bond donors (Lipinski definition) is 0. The summed E-state index contributed by atoms with van der Waals surface area (Å²) < 4.78 is 14.9. The molecule has 4 unspecified atom stereocenters. The molecular formula is C12H15NO6. The zero-order valence-corrected chi connectivity index (χ0v) is 10.5. The van der Waals surface area contributed by atoms with Crippen LogP contribution in [0.5, 0.6) is 0 Å². The molecule has 0 aromatic heterocycles. The van der Waals surface area contributed by atoms with Crippen LogP contribution in [-0.4, -0.2) is 48.4 Å². The van der Waals surface area contributed by atoms with Crippen molar-refractivity contribution >= 4 is 18.0 Å². The standard InChI is InChI=1S/C12H15NO6/c1-2-17-12(16)18-5-13-10(14)8-6-3-4-7(19-6)9(8)11(13)15/h6-9H,2-5H2,1H3. The Morgan fingerprint density at radius 2 is 1.79 bits per heavy atom. The maximum Gasteiger partial charge on any atom is 0.510 e. The Kier molecular flexibility index (Phi) is 2.93. The van der Waals surface area contributed by atoms with Gasteiger partial charge in [0.1, 0.15) is 0 Å². The molecule has 3 saturated heterocycles. The van der Waals surface area contributed by atoms with Crippen LogP contribution < -0.4 is 0 Å². The lowest BCUT2D eigenvalue weighted by molar-refractivity contribution is -0.147. The first kappa shape index (κ1) is 12.4. The number of rotatable bonds is 3. The van der Waals surface area contributed by atoms with Gasteiger partial charge in [0, 0.05) is 0 Å². The predicted octanol–water partition coefficient (Wildman–Crippen LogP) is 0.279. The predicted molar refractivity (Wildman–Crippen MR) is 59.7 cm³/mol. The highest BCUT2D eigenvalue weighted by Crippen LogP contribution is 2.48. The van der Waals surface area contributed by atoms with Crippen molar-refractivity contribution < 1.29 is 28.6 Å². The second-order valence-corrected chi connectivity index (χ2v) is 4.90. The van der Waals surface area contributed by atoms with Gasteiger partial charge in [0.15, 0.2) is 6.73 Å². The first-order valence-electron chi connectivity index (χ1n) is 6.43. The van der Waals surface area contributed by atoms with Gasteiger partial charge in [-0.3, -0.25) is 9.59 Å². The van der Waals surface area contributed by atoms with Crippen molar-refractivity contribution in [3.63, 3.8) is 0 Å². The molecule has 0 N–H and O–H groups in total. The maximum atomic E-state index is 12.2. The Morgan fingerprint density at radius 1 is 1.21 bits per heavy atom. The van der Waals surface area contributed by atoms with Gasteiger partial charge in [-0.15, -0.1) is 0 Å². The molecule has 4 atom stereocenters. The van der Waals surface area contributed by atoms with E-state index in [4.69, 9.17) is 9.47 Å². The van der Waals surface area contributed by atoms with Gasteiger partial charge in [-0.05, 0) is 19.8 Å². The number of carbonyl (C=O) groups is 3. The Hall–Kier alpha value is -1.63. The molecule has 0 aromatic rings. The lowest BCUT2D eigenvalue weighted by atomic mass is 9.81. The van der Waals surface area contributed by atoms with E-state index in [1.807, 2.05) is 0 Å². The van der Waals surface area contributed by atoms with E-state index in [0.29, 0.717) is 0 Å². The molecule has 3 heterocycles. The molecule has 0 aromatic carbocycles. The minimum absolute atomic E-state index is 0.154. The van der Waals surface area contributed by atoms with Crippen LogP contribution in [0.3, 0.4) is 0 Å². The SMILES string of the molecule is CCOC(=O)OCN1C(=O)C2C3CCC(O3)C2C1=O. The number of imide groups is 1. The van der Waals surface area contributed by atoms with Gasteiger partial charge in [0.2, 0.25) is 11.8 Å². The van der Waals surface area contributed by atoms with Crippen molar-refractivity contribution in [3.8, 4) is 0 Å². The first-order chi connectivity index (χ1) is 9.13. The molecule has 19 heavy (non-hydrogen) atoms. The summed E-state index contributed by atoms with van der Waals surface area (Å²) in [5.41, 5.74) is 0. The summed E-state index contributed by atoms with van der Waals surface area (Å²) in [5.74, 6) is -1.38. The molecule has 0 radical (unpaired) electrons. The highest BCUT2D eigenvalue weighted by atomic mass is 16.7. The van der Waals surface area contributed by atoms with Crippen molar-refractivity contribution in [1.82, 2.24) is 4.90 Å². The van der Waals surface area contributed by atoms with Gasteiger partial charge >= 0.3 is 6.16 Å². The van der Waals surface area contributed by atoms with Crippen LogP contribution in [0.4, 0.5) is 4.79 Å². The fourth-order valence-electron chi connectivity index (χ4n) is 3.18. The number of likely N-dealkylation sites (tertiary alicyclic amines) is 1. The third-order valence-electron chi connectivity index (χ3n) is 3.95. The Bertz CT molecular complexity index is 408. The summed E-state index contributed by atoms with van der Waals surface area (Å²) >= 11 is 0. The molecule has 3 aliphatic heterocycles. The van der Waals surface area contributed by atoms with E-state index in [0.717, 1.165) is 17.7 Å². The van der Waals surface area contributed by atoms with E-state index >= 15 is 0 Å². The summed E-state index contributed by atoms with van der Waals surface area (Å²) in [6.07, 6.45) is 0.451. The van der Waals surface area contributed by atoms with Gasteiger partial charge in [-0.2, -0.15) is 0 Å². The quantitative estimate of drug-likeness (QED) is 0.540. The summed E-state index contributed by atoms with van der Waals surface area (Å²) in [7, 11) is 0. The number of ether oxygens (including phenoxy) is 3. The average Bonchev–Trinajstić information content (AvgIpc) is 3.03. The second kappa shape index (κ2) is 4.48. The van der Waals surface area contributed by atoms with Crippen LogP contribution in [0.1, 0.15) is 19.8 Å². The minimum atomic E-state index is -0.876. The fourth-order valence-corrected chi connectivity index (χ4v) is 3.18. The maximum absolute atomic E-state index is 12.2. The molecule has 3 fully saturated rings. The molecule has 0 saturated carbocycles. The molecule has 2 bridgehead atoms. The van der Waals surface area contributed by atoms with Crippen molar-refractivity contribution in [1.29, 1.82) is 0 Å². The third-order valence-corrected chi connectivity index (χ3v) is 3.95. The van der Waals surface area contributed by atoms with E-state index < -0.39 is 18.0 Å². The van der Waals surface area contributed by atoms with E-state index in [9.17, 15) is 14.4 Å². The zero-order chi connectivity index (χ0) is 13.6. The average molecular weight is 269 g/mol. The first-order valence-corrected chi connectivity index (χ1v) is 6.43. The Morgan fingerprint density at radius 3 is 2.32 bits per heavy atom. The van der Waals surface area contributed by atoms with E-state index in [-0.39, 0.29) is 37.4 Å². The van der Waals surface area contributed by atoms with Gasteiger partial charge in [0.25, 0.3) is 0 Å². The van der Waals surface area contributed by atoms with Crippen LogP contribution in [0.15, 0.2) is 0 Å². The highest BCUT2D eigenvalue weighted by molar-refractivity contribution is 6.06. The van der Waals surface area contributed by atoms with Gasteiger partial charge < -0.3 is 14.2 Å². The van der Waals surface area contributed by atoms with Crippen molar-refractivity contribution in [2.24, 2.45) is 11.8 Å². The molecule has 3 aliphatic rings. The van der Waals surface area contributed by atoms with Crippen LogP contribution >= 0.6 is 0 Å². The van der Waals surface area contributed by atoms with Crippen molar-refractivity contribution in [2.45, 2.75) is 32.0 Å². The molecule has 0 aliphatic carbocycles. The molecule has 104 valence electrons. The van der Waals surface area contributed by atoms with Gasteiger partial charge in [-0.25, -0.2) is 9.69 Å². The summed E-state index contributed by atoms with van der Waals surface area (Å²) in [6, 6.07) is 0. The number of fused-ring (bicyclic) bond motifs is 5. The number of hydrogen-bond acceptors (Lipinski definition) is 6. The van der Waals surface area contributed by atoms with Crippen molar-refractivity contribution in [3.05, 3.63) is 0 Å². The number of amides is 2. The summed E-state index contributed by atoms with van der Waals surface area (Å²) in [6.45, 7) is 1.46. The lowest BCUT2D eigenvalue weighted by Gasteiger charge is -2.16. The topological polar surface area (TPSA) is 82.1 Å². The number of nitrogens with zero attached hydrogens (tertiary/aromatic N) is 1. The van der Waals surface area contributed by atoms with Crippen LogP contribution in [0.2, 0.25) is 0 Å². The van der Waals surface area contributed by atoms with Crippen LogP contribution in [0.25, 0.3) is 0 Å². The molecule has 7 nitrogen and oxygen atoms in total. The van der Waals surface area contributed by atoms with Gasteiger partial charge in [-0.1, -0.05) is 0 Å². The fraction of sp³-hybridized carbons (Fsp3) is 0.750. The second-order valence-electron chi connectivity index (χ2n) is 4.90. The van der Waals surface area contributed by atoms with E-state index in [1.54, 1.807) is 6.92 Å². The number of carbonyl (C=O) groups excluding carboxylic acids is 3. The smallest absolute Gasteiger partial charge is 0.435 e. The summed E-state index contributed by atoms with van der Waals surface area (Å²) in [4.78, 5) is 36.4. The van der Waals surface area contributed by atoms with E-state index in [2.05, 4.69) is 4.74 Å². The van der Waals surface area contributed by atoms with Crippen LogP contribution in [0, 0.1) is 11.8 Å². The normalized spacial score (nSPS) is 35.7. The van der Waals surface area contributed by atoms with Crippen LogP contribution in [-0.2, 0) is 23.8 Å². The minimum Gasteiger partial charge on any atom is -0.435 e. The Balaban J connectivity index is 1.66. The molecule has 0 spiro atoms. The van der Waals surface area contributed by atoms with Gasteiger partial charge in [0.05, 0.1) is 30.7 Å². The molecular weight excluding hydrogens is 254 g/mol. The highest BCUT2D eigenvalue weighted by Gasteiger charge is 2.62. The molecule has 2 amide bonds. The molecule has 3 rings (SSSR count). The largest absolute Gasteiger partial charge is 0.510 e. The Labute approximate surface area is 109 Å². The monoisotopic (exact) mass is 269 g/mol. The van der Waals surface area contributed by atoms with Crippen molar-refractivity contribution in [2.75, 3.05) is 13.3 Å². The third kappa shape index (κ3) is 1.80. The summed E-state index contributed by atoms with van der Waals surface area (Å²) in [5, 5.41) is 0. The lowest BCUT2D eigenvalue weighted by Crippen LogP contribution is -2.37.